The quantitative estimate of drug-likeness (QED) is 0.0220. The summed E-state index contributed by atoms with van der Waals surface area (Å²) < 4.78 is 30.2. The first-order chi connectivity index (χ1) is 40.9. The molecule has 87 heavy (non-hydrogen) atoms. The molecule has 0 aromatic heterocycles. The van der Waals surface area contributed by atoms with Crippen molar-refractivity contribution in [2.24, 2.45) is 0 Å². The molecule has 0 fully saturated rings. The Hall–Kier alpha value is -5.07. The van der Waals surface area contributed by atoms with E-state index in [1.807, 2.05) is 136 Å². The second-order valence-corrected chi connectivity index (χ2v) is 30.5. The normalized spacial score (nSPS) is 12.1. The van der Waals surface area contributed by atoms with E-state index in [1.54, 1.807) is 187 Å². The molecule has 462 valence electrons. The number of esters is 6. The van der Waals surface area contributed by atoms with Crippen molar-refractivity contribution in [2.75, 3.05) is 8.86 Å². The van der Waals surface area contributed by atoms with E-state index in [9.17, 15) is 58.5 Å². The molecule has 24 heteroatoms. The van der Waals surface area contributed by atoms with Gasteiger partial charge in [-0.25, -0.2) is 0 Å². The van der Waals surface area contributed by atoms with Crippen molar-refractivity contribution in [1.82, 2.24) is 0 Å². The standard InChI is InChI=1S/C23H24I2O6.C21H20I2O6.C19H16I2O6/c1-22(2,24)20(28)30-16-9-5-14(6-10-16)18(13-19(26)27)15-7-11-17(12-8-15)31-21(29)23(3,4)25;1-12(22)20(26)28-16-7-3-14(4-8-16)18(11-19(24)25)15-5-9-17(10-6-15)29-21(27)13(2)23;20-10-18(24)26-14-5-1-12(2-6-14)16(9-17(22)23)13-3-7-15(8-4-13)27-19(25)11-21/h5-12,18H,13H2,1-4H3,(H,26,27);3-10,12-13,18H,11H2,1-2H3,(H,24,25);1-8,16H,9-11H2,(H,22,23). The Kier molecular flexibility index (Phi) is 30.7. The van der Waals surface area contributed by atoms with Crippen molar-refractivity contribution in [3.8, 4) is 34.5 Å². The smallest absolute Gasteiger partial charge is 0.326 e. The molecule has 6 rings (SSSR count). The topological polar surface area (TPSA) is 270 Å². The highest BCUT2D eigenvalue weighted by atomic mass is 127. The number of carboxylic acid groups (broad SMARTS) is 3. The molecule has 0 aliphatic rings. The first-order valence-electron chi connectivity index (χ1n) is 26.2. The second kappa shape index (κ2) is 35.9. The third kappa shape index (κ3) is 26.1. The second-order valence-electron chi connectivity index (χ2n) is 19.9. The number of carbonyl (C=O) groups is 9. The zero-order valence-corrected chi connectivity index (χ0v) is 60.5. The Morgan fingerprint density at radius 3 is 0.701 bits per heavy atom. The number of rotatable bonds is 24. The minimum absolute atomic E-state index is 0.0975. The van der Waals surface area contributed by atoms with Gasteiger partial charge < -0.3 is 43.7 Å². The van der Waals surface area contributed by atoms with E-state index in [2.05, 4.69) is 0 Å². The van der Waals surface area contributed by atoms with E-state index in [0.29, 0.717) is 34.5 Å². The lowest BCUT2D eigenvalue weighted by Gasteiger charge is -2.19. The molecule has 6 aromatic rings. The van der Waals surface area contributed by atoms with Crippen LogP contribution < -0.4 is 28.4 Å². The molecule has 0 radical (unpaired) electrons. The first kappa shape index (κ1) is 74.4. The summed E-state index contributed by atoms with van der Waals surface area (Å²) >= 11 is 11.8. The molecule has 2 unspecified atom stereocenters. The maximum atomic E-state index is 12.0. The van der Waals surface area contributed by atoms with Crippen LogP contribution in [-0.4, -0.2) is 92.6 Å². The lowest BCUT2D eigenvalue weighted by Crippen LogP contribution is -2.28. The van der Waals surface area contributed by atoms with Crippen molar-refractivity contribution in [2.45, 2.75) is 93.3 Å². The summed E-state index contributed by atoms with van der Waals surface area (Å²) in [6, 6.07) is 40.8. The number of alkyl halides is 6. The van der Waals surface area contributed by atoms with Crippen molar-refractivity contribution >= 4 is 189 Å². The SMILES string of the molecule is CC(C)(I)C(=O)Oc1ccc(C(CC(=O)O)c2ccc(OC(=O)C(C)(C)I)cc2)cc1.CC(I)C(=O)Oc1ccc(C(CC(=O)O)c2ccc(OC(=O)C(C)I)cc2)cc1.O=C(O)CC(c1ccc(OC(=O)CI)cc1)c1ccc(OC(=O)CI)cc1. The zero-order chi connectivity index (χ0) is 64.8. The highest BCUT2D eigenvalue weighted by Crippen LogP contribution is 2.35. The number of halogens is 6. The van der Waals surface area contributed by atoms with E-state index in [1.165, 1.54) is 0 Å². The molecular weight excluding hydrogens is 1810 g/mol. The monoisotopic (exact) mass is 1870 g/mol. The Balaban J connectivity index is 0.000000280. The summed E-state index contributed by atoms with van der Waals surface area (Å²) in [4.78, 5) is 104. The molecular formula is C63H60I6O18. The Bertz CT molecular complexity index is 3110. The molecule has 0 heterocycles. The third-order valence-electron chi connectivity index (χ3n) is 12.0. The summed E-state index contributed by atoms with van der Waals surface area (Å²) in [6.07, 6.45) is -0.312. The molecule has 0 aliphatic carbocycles. The maximum Gasteiger partial charge on any atom is 0.326 e. The molecule has 0 amide bonds. The number of carbonyl (C=O) groups excluding carboxylic acids is 6. The maximum absolute atomic E-state index is 12.0. The van der Waals surface area contributed by atoms with E-state index >= 15 is 0 Å². The fourth-order valence-corrected chi connectivity index (χ4v) is 8.37. The summed E-state index contributed by atoms with van der Waals surface area (Å²) in [5, 5.41) is 28.0. The summed E-state index contributed by atoms with van der Waals surface area (Å²) in [5.41, 5.74) is 4.66. The average molecular weight is 1870 g/mol. The summed E-state index contributed by atoms with van der Waals surface area (Å²) in [5.74, 6) is -3.63. The van der Waals surface area contributed by atoms with E-state index in [-0.39, 0.29) is 77.7 Å². The molecule has 6 aromatic carbocycles. The number of ether oxygens (including phenoxy) is 6. The molecule has 0 spiro atoms. The van der Waals surface area contributed by atoms with E-state index < -0.39 is 36.6 Å². The fourth-order valence-electron chi connectivity index (χ4n) is 7.59. The van der Waals surface area contributed by atoms with Gasteiger partial charge in [-0.15, -0.1) is 0 Å². The van der Waals surface area contributed by atoms with Crippen LogP contribution in [0.5, 0.6) is 34.5 Å². The molecule has 18 nitrogen and oxygen atoms in total. The number of hydrogen-bond donors (Lipinski definition) is 3. The van der Waals surface area contributed by atoms with E-state index in [4.69, 9.17) is 28.4 Å². The van der Waals surface area contributed by atoms with Gasteiger partial charge in [-0.05, 0) is 148 Å². The van der Waals surface area contributed by atoms with Gasteiger partial charge in [0.15, 0.2) is 0 Å². The lowest BCUT2D eigenvalue weighted by molar-refractivity contribution is -0.138. The van der Waals surface area contributed by atoms with Crippen LogP contribution in [0.15, 0.2) is 146 Å². The first-order valence-corrected chi connectivity index (χ1v) is 33.9. The largest absolute Gasteiger partial charge is 0.481 e. The van der Waals surface area contributed by atoms with Crippen LogP contribution >= 0.6 is 136 Å². The molecule has 0 saturated carbocycles. The van der Waals surface area contributed by atoms with Crippen LogP contribution in [-0.2, 0) is 43.2 Å². The van der Waals surface area contributed by atoms with Crippen LogP contribution in [0.25, 0.3) is 0 Å². The van der Waals surface area contributed by atoms with Gasteiger partial charge >= 0.3 is 53.7 Å². The molecule has 0 saturated heterocycles. The average Bonchev–Trinajstić information content (AvgIpc) is 2.05. The summed E-state index contributed by atoms with van der Waals surface area (Å²) in [7, 11) is 0. The van der Waals surface area contributed by atoms with Crippen molar-refractivity contribution < 1.29 is 86.9 Å². The van der Waals surface area contributed by atoms with Crippen molar-refractivity contribution in [3.63, 3.8) is 0 Å². The minimum atomic E-state index is -0.936. The van der Waals surface area contributed by atoms with Crippen LogP contribution in [0, 0.1) is 0 Å². The predicted octanol–water partition coefficient (Wildman–Crippen LogP) is 14.3. The number of benzene rings is 6. The van der Waals surface area contributed by atoms with Gasteiger partial charge in [-0.3, -0.25) is 43.2 Å². The van der Waals surface area contributed by atoms with Gasteiger partial charge in [0.1, 0.15) is 49.2 Å². The van der Waals surface area contributed by atoms with Gasteiger partial charge in [0.25, 0.3) is 0 Å². The molecule has 0 aliphatic heterocycles. The number of carboxylic acids is 3. The van der Waals surface area contributed by atoms with Gasteiger partial charge in [0.05, 0.1) is 28.1 Å². The highest BCUT2D eigenvalue weighted by Gasteiger charge is 2.28. The van der Waals surface area contributed by atoms with Crippen LogP contribution in [0.3, 0.4) is 0 Å². The molecule has 2 atom stereocenters. The lowest BCUT2D eigenvalue weighted by atomic mass is 9.88. The number of hydrogen-bond acceptors (Lipinski definition) is 15. The van der Waals surface area contributed by atoms with E-state index in [0.717, 1.165) is 33.4 Å². The van der Waals surface area contributed by atoms with Crippen LogP contribution in [0.1, 0.15) is 112 Å². The molecule has 0 bridgehead atoms. The van der Waals surface area contributed by atoms with Crippen LogP contribution in [0.2, 0.25) is 0 Å². The number of aliphatic carboxylic acids is 3. The third-order valence-corrected chi connectivity index (χ3v) is 15.1. The molecule has 3 N–H and O–H groups in total. The summed E-state index contributed by atoms with van der Waals surface area (Å²) in [6.45, 7) is 10.5. The zero-order valence-electron chi connectivity index (χ0n) is 47.5. The van der Waals surface area contributed by atoms with Crippen LogP contribution in [0.4, 0.5) is 0 Å². The van der Waals surface area contributed by atoms with Gasteiger partial charge in [0.2, 0.25) is 0 Å². The Morgan fingerprint density at radius 1 is 0.356 bits per heavy atom. The van der Waals surface area contributed by atoms with Crippen molar-refractivity contribution in [1.29, 1.82) is 0 Å². The fraction of sp³-hybridized carbons (Fsp3) is 0.286. The van der Waals surface area contributed by atoms with Gasteiger partial charge in [-0.1, -0.05) is 208 Å². The van der Waals surface area contributed by atoms with Gasteiger partial charge in [0, 0.05) is 17.8 Å². The predicted molar refractivity (Wildman–Crippen MR) is 376 cm³/mol. The minimum Gasteiger partial charge on any atom is -0.481 e. The highest BCUT2D eigenvalue weighted by molar-refractivity contribution is 14.1. The van der Waals surface area contributed by atoms with Gasteiger partial charge in [-0.2, -0.15) is 0 Å². The Labute approximate surface area is 585 Å². The Morgan fingerprint density at radius 2 is 0.540 bits per heavy atom. The van der Waals surface area contributed by atoms with Crippen molar-refractivity contribution in [3.05, 3.63) is 179 Å².